The summed E-state index contributed by atoms with van der Waals surface area (Å²) in [4.78, 5) is 3.72. The van der Waals surface area contributed by atoms with E-state index in [1.165, 1.54) is 41.7 Å². The minimum Gasteiger partial charge on any atom is -0.397 e. The highest BCUT2D eigenvalue weighted by Gasteiger charge is 2.38. The molecule has 1 aromatic heterocycles. The molecular formula is C23H39N3O9S4. The molecule has 1 aliphatic heterocycles. The highest BCUT2D eigenvalue weighted by atomic mass is 32.3. The lowest BCUT2D eigenvalue weighted by molar-refractivity contribution is -0.195. The summed E-state index contributed by atoms with van der Waals surface area (Å²) >= 11 is 1.60. The number of benzene rings is 1. The average molecular weight is 646 g/mol. The number of hydrogen-bond acceptors (Lipinski definition) is 13. The van der Waals surface area contributed by atoms with Gasteiger partial charge in [0.1, 0.15) is 4.21 Å². The Balaban J connectivity index is 0.000000477. The maximum Gasteiger partial charge on any atom is 0.296 e. The molecule has 1 atom stereocenters. The molecule has 0 saturated carbocycles. The molecule has 0 aliphatic carbocycles. The van der Waals surface area contributed by atoms with E-state index >= 15 is 0 Å². The van der Waals surface area contributed by atoms with Crippen LogP contribution in [0.4, 0.5) is 0 Å². The predicted octanol–water partition coefficient (Wildman–Crippen LogP) is 2.99. The highest BCUT2D eigenvalue weighted by Crippen LogP contribution is 2.42. The van der Waals surface area contributed by atoms with Gasteiger partial charge >= 0.3 is 0 Å². The van der Waals surface area contributed by atoms with Gasteiger partial charge in [-0.3, -0.25) is 4.18 Å². The summed E-state index contributed by atoms with van der Waals surface area (Å²) in [6.45, 7) is -15.7. The van der Waals surface area contributed by atoms with Gasteiger partial charge in [0.15, 0.2) is 0 Å². The molecule has 0 unspecified atom stereocenters. The fourth-order valence-electron chi connectivity index (χ4n) is 3.04. The number of hydrogen-bond donors (Lipinski definition) is 3. The van der Waals surface area contributed by atoms with E-state index in [1.54, 1.807) is 6.92 Å². The Bertz CT molecular complexity index is 1740. The lowest BCUT2D eigenvalue weighted by Crippen LogP contribution is -2.43. The first kappa shape index (κ1) is 17.7. The standard InChI is InChI=1S/C12H21N3O5S3.C9H12O3S.C2H6O/c1-3-14-10-8-15(5-4-6-18-2)23(16,17)12-9(10)7-11(21-12)22-20-19-13;1-3-12-13(10,11)9-6-4-8(2)5-7-9;1-2-3/h7,10,14H,3-6,8,13H2,1-2H3;4-7H,3H2,1-2H3;3H,2H2,1H3/t10-;;/m0../s1/i2*1D3,3D2;1D3,2D2,3D. The van der Waals surface area contributed by atoms with E-state index in [1.807, 2.05) is 0 Å². The number of aliphatic hydroxyl groups is 1. The minimum atomic E-state index is -4.45. The third-order valence-electron chi connectivity index (χ3n) is 4.66. The predicted molar refractivity (Wildman–Crippen MR) is 151 cm³/mol. The summed E-state index contributed by atoms with van der Waals surface area (Å²) in [5.74, 6) is 4.80. The van der Waals surface area contributed by atoms with Crippen molar-refractivity contribution in [2.45, 2.75) is 53.3 Å². The second-order valence-corrected chi connectivity index (χ2v) is 12.9. The third-order valence-corrected chi connectivity index (χ3v) is 10.0. The summed E-state index contributed by atoms with van der Waals surface area (Å²) in [5.41, 5.74) is 1.08. The van der Waals surface area contributed by atoms with Crippen LogP contribution in [0.25, 0.3) is 0 Å². The van der Waals surface area contributed by atoms with Gasteiger partial charge in [-0.2, -0.15) is 18.6 Å². The van der Waals surface area contributed by atoms with Gasteiger partial charge in [-0.1, -0.05) is 24.5 Å². The van der Waals surface area contributed by atoms with Crippen LogP contribution in [0.2, 0.25) is 0 Å². The van der Waals surface area contributed by atoms with E-state index in [9.17, 15) is 16.8 Å². The van der Waals surface area contributed by atoms with Gasteiger partial charge < -0.3 is 15.2 Å². The molecule has 12 nitrogen and oxygen atoms in total. The van der Waals surface area contributed by atoms with Gasteiger partial charge in [0.2, 0.25) is 1.43 Å². The molecule has 3 rings (SSSR count). The summed E-state index contributed by atoms with van der Waals surface area (Å²) in [5, 5.41) is 5.78. The van der Waals surface area contributed by atoms with Crippen molar-refractivity contribution in [3.8, 4) is 0 Å². The monoisotopic (exact) mass is 645 g/mol. The Hall–Kier alpha value is -1.15. The Morgan fingerprint density at radius 2 is 2.10 bits per heavy atom. The van der Waals surface area contributed by atoms with Crippen molar-refractivity contribution in [3.05, 3.63) is 41.5 Å². The number of fused-ring (bicyclic) bond motifs is 1. The zero-order chi connectivity index (χ0) is 43.1. The number of aryl methyl sites for hydroxylation is 1. The van der Waals surface area contributed by atoms with Crippen molar-refractivity contribution in [2.24, 2.45) is 5.90 Å². The number of methoxy groups -OCH3 is 1. The molecule has 2 heterocycles. The van der Waals surface area contributed by atoms with E-state index in [0.29, 0.717) is 29.3 Å². The topological polar surface area (TPSA) is 167 Å². The van der Waals surface area contributed by atoms with Gasteiger partial charge in [-0.25, -0.2) is 8.42 Å². The van der Waals surface area contributed by atoms with Crippen LogP contribution in [0, 0.1) is 6.92 Å². The molecule has 1 aromatic carbocycles. The molecule has 224 valence electrons. The number of rotatable bonds is 13. The van der Waals surface area contributed by atoms with Crippen LogP contribution in [0.5, 0.6) is 0 Å². The molecule has 4 N–H and O–H groups in total. The van der Waals surface area contributed by atoms with Gasteiger partial charge in [0.05, 0.1) is 33.2 Å². The van der Waals surface area contributed by atoms with E-state index in [-0.39, 0.29) is 27.8 Å². The van der Waals surface area contributed by atoms with Gasteiger partial charge in [0.25, 0.3) is 20.1 Å². The molecule has 0 bridgehead atoms. The van der Waals surface area contributed by atoms with Crippen molar-refractivity contribution in [1.29, 1.82) is 1.43 Å². The van der Waals surface area contributed by atoms with Crippen molar-refractivity contribution < 1.29 is 60.7 Å². The molecule has 0 fully saturated rings. The maximum absolute atomic E-state index is 13.0. The first-order valence-electron chi connectivity index (χ1n) is 18.4. The Labute approximate surface area is 262 Å². The largest absolute Gasteiger partial charge is 0.397 e. The fourth-order valence-corrected chi connectivity index (χ4v) is 7.76. The number of nitrogens with one attached hydrogen (secondary N) is 1. The normalized spacial score (nSPS) is 24.5. The van der Waals surface area contributed by atoms with Crippen LogP contribution in [0.3, 0.4) is 0 Å². The minimum absolute atomic E-state index is 0.0156. The van der Waals surface area contributed by atoms with Gasteiger partial charge in [-0.05, 0) is 51.7 Å². The molecule has 0 spiro atoms. The van der Waals surface area contributed by atoms with E-state index in [2.05, 4.69) is 23.9 Å². The van der Waals surface area contributed by atoms with Crippen molar-refractivity contribution in [3.63, 3.8) is 0 Å². The Morgan fingerprint density at radius 1 is 1.33 bits per heavy atom. The third kappa shape index (κ3) is 11.3. The van der Waals surface area contributed by atoms with Crippen LogP contribution < -0.4 is 11.2 Å². The molecule has 1 aliphatic rings. The Kier molecular flexibility index (Phi) is 8.32. The number of nitrogens with zero attached hydrogens (tertiary/aromatic N) is 1. The van der Waals surface area contributed by atoms with Crippen LogP contribution in [-0.4, -0.2) is 74.1 Å². The van der Waals surface area contributed by atoms with Crippen molar-refractivity contribution >= 4 is 43.5 Å². The van der Waals surface area contributed by atoms with E-state index in [4.69, 9.17) is 32.6 Å². The maximum atomic E-state index is 13.0. The lowest BCUT2D eigenvalue weighted by atomic mass is 10.1. The smallest absolute Gasteiger partial charge is 0.296 e. The number of likely N-dealkylation sites (N-methyl/N-ethyl adjacent to an activating group) is 1. The van der Waals surface area contributed by atoms with E-state index in [0.717, 1.165) is 16.9 Å². The summed E-state index contributed by atoms with van der Waals surface area (Å²) < 4.78 is 176. The first-order valence-corrected chi connectivity index (χ1v) is 14.9. The number of ether oxygens (including phenoxy) is 1. The van der Waals surface area contributed by atoms with Crippen molar-refractivity contribution in [2.75, 3.05) is 46.4 Å². The van der Waals surface area contributed by atoms with Crippen LogP contribution in [-0.2, 0) is 38.4 Å². The number of sulfonamides is 1. The molecule has 16 heteroatoms. The lowest BCUT2D eigenvalue weighted by Gasteiger charge is -2.32. The summed E-state index contributed by atoms with van der Waals surface area (Å²) in [6, 6.07) is 6.06. The van der Waals surface area contributed by atoms with Crippen molar-refractivity contribution in [1.82, 2.24) is 9.62 Å². The summed E-state index contributed by atoms with van der Waals surface area (Å²) in [6.07, 6.45) is 0.432. The SMILES string of the molecule is [2H]C([2H])([2H])C([2H])([2H])N[C@H]1CN(CCCOC)S(=O)(=O)c2sc(SOON)cc21.[2H]C([2H])([2H])C([2H])([2H])OS(=O)(=O)c1ccc(C)cc1.[2H]OC([2H])([2H])C([2H])([2H])[2H]. The second kappa shape index (κ2) is 18.3. The zero-order valence-electron chi connectivity index (χ0n) is 36.6. The average Bonchev–Trinajstić information content (AvgIpc) is 3.47. The molecule has 0 amide bonds. The van der Waals surface area contributed by atoms with Gasteiger partial charge in [-0.15, -0.1) is 20.7 Å². The van der Waals surface area contributed by atoms with Crippen LogP contribution in [0.1, 0.15) is 64.7 Å². The number of thiophene rings is 1. The quantitative estimate of drug-likeness (QED) is 0.0960. The Morgan fingerprint density at radius 3 is 2.69 bits per heavy atom. The zero-order valence-corrected chi connectivity index (χ0v) is 23.9. The molecule has 39 heavy (non-hydrogen) atoms. The molecular weight excluding hydrogens is 591 g/mol. The molecule has 0 radical (unpaired) electrons. The first-order chi connectivity index (χ1) is 24.7. The molecule has 2 aromatic rings. The van der Waals surface area contributed by atoms with Gasteiger partial charge in [0, 0.05) is 60.0 Å². The van der Waals surface area contributed by atoms with Crippen LogP contribution in [0.15, 0.2) is 43.6 Å². The molecule has 0 saturated heterocycles. The number of nitrogens with two attached hydrogens (primary N) is 1. The fraction of sp³-hybridized carbons (Fsp3) is 0.565. The van der Waals surface area contributed by atoms with E-state index < -0.39 is 66.4 Å². The second-order valence-electron chi connectivity index (χ2n) is 7.14. The van der Waals surface area contributed by atoms with Crippen LogP contribution >= 0.6 is 23.4 Å². The summed E-state index contributed by atoms with van der Waals surface area (Å²) in [7, 11) is -6.79. The highest BCUT2D eigenvalue weighted by molar-refractivity contribution is 7.97.